The second kappa shape index (κ2) is 3.64. The second-order valence-electron chi connectivity index (χ2n) is 2.22. The highest BCUT2D eigenvalue weighted by molar-refractivity contribution is 7.95. The van der Waals surface area contributed by atoms with Crippen molar-refractivity contribution in [2.24, 2.45) is 0 Å². The minimum atomic E-state index is -3.45. The van der Waals surface area contributed by atoms with E-state index in [9.17, 15) is 8.42 Å². The van der Waals surface area contributed by atoms with Gasteiger partial charge in [0.05, 0.1) is 0 Å². The molecule has 0 saturated carbocycles. The molecule has 7 heteroatoms. The fraction of sp³-hybridized carbons (Fsp3) is 0.167. The standard InChI is InChI=1S/C6H5N3O2S2/c1-13(10,11)6(3-7)2-5-4-12-9-8-5/h2,4H,1H3/b6-2-. The van der Waals surface area contributed by atoms with Gasteiger partial charge in [-0.2, -0.15) is 5.26 Å². The van der Waals surface area contributed by atoms with Gasteiger partial charge >= 0.3 is 0 Å². The van der Waals surface area contributed by atoms with Crippen molar-refractivity contribution in [3.8, 4) is 6.07 Å². The van der Waals surface area contributed by atoms with Crippen LogP contribution in [0.15, 0.2) is 10.3 Å². The zero-order valence-corrected chi connectivity index (χ0v) is 8.26. The van der Waals surface area contributed by atoms with Gasteiger partial charge in [0.2, 0.25) is 0 Å². The molecule has 0 aliphatic heterocycles. The van der Waals surface area contributed by atoms with E-state index in [1.54, 1.807) is 11.4 Å². The van der Waals surface area contributed by atoms with Crippen LogP contribution in [0.5, 0.6) is 0 Å². The molecule has 0 saturated heterocycles. The highest BCUT2D eigenvalue weighted by atomic mass is 32.2. The Morgan fingerprint density at radius 3 is 2.85 bits per heavy atom. The molecular formula is C6H5N3O2S2. The first-order valence-electron chi connectivity index (χ1n) is 3.13. The third-order valence-corrected chi connectivity index (χ3v) is 2.70. The number of hydrogen-bond donors (Lipinski definition) is 0. The van der Waals surface area contributed by atoms with Crippen LogP contribution in [0.3, 0.4) is 0 Å². The molecule has 0 aromatic carbocycles. The van der Waals surface area contributed by atoms with Crippen molar-refractivity contribution in [1.29, 1.82) is 5.26 Å². The first-order chi connectivity index (χ1) is 6.04. The number of sulfone groups is 1. The lowest BCUT2D eigenvalue weighted by Gasteiger charge is -1.90. The average molecular weight is 215 g/mol. The van der Waals surface area contributed by atoms with E-state index in [1.807, 2.05) is 0 Å². The summed E-state index contributed by atoms with van der Waals surface area (Å²) < 4.78 is 25.4. The minimum Gasteiger partial charge on any atom is -0.223 e. The van der Waals surface area contributed by atoms with E-state index in [4.69, 9.17) is 5.26 Å². The second-order valence-corrected chi connectivity index (χ2v) is 4.82. The van der Waals surface area contributed by atoms with Crippen LogP contribution in [0.2, 0.25) is 0 Å². The van der Waals surface area contributed by atoms with Crippen molar-refractivity contribution in [2.45, 2.75) is 0 Å². The Balaban J connectivity index is 3.14. The van der Waals surface area contributed by atoms with Crippen molar-refractivity contribution >= 4 is 27.4 Å². The molecule has 1 heterocycles. The maximum absolute atomic E-state index is 11.0. The van der Waals surface area contributed by atoms with Crippen LogP contribution in [-0.4, -0.2) is 24.3 Å². The van der Waals surface area contributed by atoms with Gasteiger partial charge in [0.25, 0.3) is 0 Å². The molecule has 0 spiro atoms. The van der Waals surface area contributed by atoms with Crippen molar-refractivity contribution in [1.82, 2.24) is 9.59 Å². The molecule has 0 unspecified atom stereocenters. The van der Waals surface area contributed by atoms with E-state index in [0.717, 1.165) is 17.8 Å². The van der Waals surface area contributed by atoms with Crippen molar-refractivity contribution in [3.63, 3.8) is 0 Å². The summed E-state index contributed by atoms with van der Waals surface area (Å²) in [4.78, 5) is -0.305. The molecule has 5 nitrogen and oxygen atoms in total. The lowest BCUT2D eigenvalue weighted by Crippen LogP contribution is -1.98. The number of rotatable bonds is 2. The van der Waals surface area contributed by atoms with Crippen LogP contribution >= 0.6 is 11.5 Å². The summed E-state index contributed by atoms with van der Waals surface area (Å²) in [6.45, 7) is 0. The summed E-state index contributed by atoms with van der Waals surface area (Å²) >= 11 is 1.09. The molecule has 1 rings (SSSR count). The lowest BCUT2D eigenvalue weighted by atomic mass is 10.4. The van der Waals surface area contributed by atoms with Crippen molar-refractivity contribution in [3.05, 3.63) is 16.0 Å². The summed E-state index contributed by atoms with van der Waals surface area (Å²) in [5, 5.41) is 13.7. The van der Waals surface area contributed by atoms with Crippen LogP contribution in [0.4, 0.5) is 0 Å². The molecule has 13 heavy (non-hydrogen) atoms. The average Bonchev–Trinajstić information content (AvgIpc) is 2.49. The fourth-order valence-electron chi connectivity index (χ4n) is 0.591. The van der Waals surface area contributed by atoms with E-state index >= 15 is 0 Å². The zero-order chi connectivity index (χ0) is 9.90. The highest BCUT2D eigenvalue weighted by Crippen LogP contribution is 2.09. The predicted molar refractivity (Wildman–Crippen MR) is 48.3 cm³/mol. The molecule has 68 valence electrons. The van der Waals surface area contributed by atoms with Crippen LogP contribution in [0.1, 0.15) is 5.69 Å². The lowest BCUT2D eigenvalue weighted by molar-refractivity contribution is 0.609. The Labute approximate surface area is 79.4 Å². The predicted octanol–water partition coefficient (Wildman–Crippen LogP) is 0.447. The smallest absolute Gasteiger partial charge is 0.185 e. The Kier molecular flexibility index (Phi) is 2.75. The molecule has 0 bridgehead atoms. The molecule has 0 atom stereocenters. The first-order valence-corrected chi connectivity index (χ1v) is 5.86. The van der Waals surface area contributed by atoms with Crippen molar-refractivity contribution in [2.75, 3.05) is 6.26 Å². The topological polar surface area (TPSA) is 83.7 Å². The molecule has 0 fully saturated rings. The molecular weight excluding hydrogens is 210 g/mol. The van der Waals surface area contributed by atoms with E-state index in [-0.39, 0.29) is 4.91 Å². The van der Waals surface area contributed by atoms with E-state index in [1.165, 1.54) is 6.08 Å². The van der Waals surface area contributed by atoms with Crippen LogP contribution in [0.25, 0.3) is 6.08 Å². The Bertz CT molecular complexity index is 453. The van der Waals surface area contributed by atoms with Gasteiger partial charge in [-0.15, -0.1) is 5.10 Å². The number of allylic oxidation sites excluding steroid dienone is 1. The SMILES string of the molecule is CS(=O)(=O)/C(C#N)=C\c1csnn1. The fourth-order valence-corrected chi connectivity index (χ4v) is 1.50. The largest absolute Gasteiger partial charge is 0.223 e. The molecule has 1 aromatic heterocycles. The molecule has 0 N–H and O–H groups in total. The molecule has 0 aliphatic rings. The van der Waals surface area contributed by atoms with Gasteiger partial charge < -0.3 is 0 Å². The maximum Gasteiger partial charge on any atom is 0.185 e. The third kappa shape index (κ3) is 2.61. The number of nitrogens with zero attached hydrogens (tertiary/aromatic N) is 3. The number of hydrogen-bond acceptors (Lipinski definition) is 6. The van der Waals surface area contributed by atoms with Gasteiger partial charge in [0.1, 0.15) is 16.7 Å². The maximum atomic E-state index is 11.0. The van der Waals surface area contributed by atoms with Gasteiger partial charge in [0, 0.05) is 11.6 Å². The van der Waals surface area contributed by atoms with Crippen LogP contribution in [-0.2, 0) is 9.84 Å². The van der Waals surface area contributed by atoms with E-state index in [0.29, 0.717) is 5.69 Å². The molecule has 0 amide bonds. The van der Waals surface area contributed by atoms with Gasteiger partial charge in [0.15, 0.2) is 9.84 Å². The number of nitriles is 1. The first kappa shape index (κ1) is 9.83. The Morgan fingerprint density at radius 2 is 2.46 bits per heavy atom. The third-order valence-electron chi connectivity index (χ3n) is 1.17. The number of aromatic nitrogens is 2. The summed E-state index contributed by atoms with van der Waals surface area (Å²) in [6.07, 6.45) is 2.17. The van der Waals surface area contributed by atoms with Crippen LogP contribution in [0, 0.1) is 11.3 Å². The molecule has 0 radical (unpaired) electrons. The Hall–Kier alpha value is -1.26. The van der Waals surface area contributed by atoms with E-state index < -0.39 is 9.84 Å². The Morgan fingerprint density at radius 1 is 1.77 bits per heavy atom. The highest BCUT2D eigenvalue weighted by Gasteiger charge is 2.10. The van der Waals surface area contributed by atoms with Crippen LogP contribution < -0.4 is 0 Å². The molecule has 1 aromatic rings. The molecule has 0 aliphatic carbocycles. The summed E-state index contributed by atoms with van der Waals surface area (Å²) in [6, 6.07) is 1.59. The van der Waals surface area contributed by atoms with Gasteiger partial charge in [-0.25, -0.2) is 8.42 Å². The zero-order valence-electron chi connectivity index (χ0n) is 6.63. The minimum absolute atomic E-state index is 0.305. The van der Waals surface area contributed by atoms with Gasteiger partial charge in [-0.1, -0.05) is 4.49 Å². The summed E-state index contributed by atoms with van der Waals surface area (Å²) in [5.74, 6) is 0. The van der Waals surface area contributed by atoms with Gasteiger partial charge in [-0.3, -0.25) is 0 Å². The summed E-state index contributed by atoms with van der Waals surface area (Å²) in [5.41, 5.74) is 0.381. The monoisotopic (exact) mass is 215 g/mol. The summed E-state index contributed by atoms with van der Waals surface area (Å²) in [7, 11) is -3.45. The normalized spacial score (nSPS) is 12.5. The van der Waals surface area contributed by atoms with Gasteiger partial charge in [-0.05, 0) is 17.6 Å². The van der Waals surface area contributed by atoms with Crippen molar-refractivity contribution < 1.29 is 8.42 Å². The quantitative estimate of drug-likeness (QED) is 0.669. The van der Waals surface area contributed by atoms with E-state index in [2.05, 4.69) is 9.59 Å².